The van der Waals surface area contributed by atoms with E-state index >= 15 is 0 Å². The standard InChI is InChI=1S/C28H44N4O8S/c1-12-17(13-20(33)39-26(4,5)6)38-23(35)21(16(2)3)31-24(36)28(10,11)32-22(34)18-15-41-19(30-18)14-29-25(37)40-27(7,8)9/h12,15-17,21H,1,13-14H2,2-11H3,(H,29,37)(H,31,36)(H,32,34)/t17-,21+/m1/s1. The highest BCUT2D eigenvalue weighted by molar-refractivity contribution is 7.09. The van der Waals surface area contributed by atoms with E-state index in [2.05, 4.69) is 27.5 Å². The summed E-state index contributed by atoms with van der Waals surface area (Å²) in [6, 6.07) is -1.07. The fourth-order valence-electron chi connectivity index (χ4n) is 3.13. The van der Waals surface area contributed by atoms with E-state index in [9.17, 15) is 24.0 Å². The first-order chi connectivity index (χ1) is 18.6. The molecule has 3 N–H and O–H groups in total. The van der Waals surface area contributed by atoms with Crippen molar-refractivity contribution in [2.24, 2.45) is 5.92 Å². The Morgan fingerprint density at radius 1 is 1.00 bits per heavy atom. The molecule has 0 saturated carbocycles. The third-order valence-corrected chi connectivity index (χ3v) is 5.94. The van der Waals surface area contributed by atoms with Gasteiger partial charge in [0.15, 0.2) is 0 Å². The molecule has 0 aliphatic rings. The van der Waals surface area contributed by atoms with Gasteiger partial charge in [0.05, 0.1) is 13.0 Å². The Labute approximate surface area is 246 Å². The van der Waals surface area contributed by atoms with Gasteiger partial charge in [-0.1, -0.05) is 26.5 Å². The van der Waals surface area contributed by atoms with Crippen molar-refractivity contribution in [2.45, 2.75) is 111 Å². The minimum Gasteiger partial charge on any atom is -0.460 e. The zero-order valence-electron chi connectivity index (χ0n) is 25.6. The number of alkyl carbamates (subject to hydrolysis) is 1. The SMILES string of the molecule is C=C[C@H](CC(=O)OC(C)(C)C)OC(=O)[C@@H](NC(=O)C(C)(C)NC(=O)c1csc(CNC(=O)OC(C)(C)C)n1)C(C)C. The number of hydrogen-bond acceptors (Lipinski definition) is 10. The molecular formula is C28H44N4O8S. The summed E-state index contributed by atoms with van der Waals surface area (Å²) in [7, 11) is 0. The first kappa shape index (κ1) is 35.5. The lowest BCUT2D eigenvalue weighted by Crippen LogP contribution is -2.59. The van der Waals surface area contributed by atoms with Crippen LogP contribution in [0.3, 0.4) is 0 Å². The van der Waals surface area contributed by atoms with E-state index in [-0.39, 0.29) is 24.6 Å². The number of nitrogens with zero attached hydrogens (tertiary/aromatic N) is 1. The normalized spacial score (nSPS) is 13.4. The molecule has 230 valence electrons. The number of carbonyl (C=O) groups is 5. The van der Waals surface area contributed by atoms with Crippen molar-refractivity contribution in [3.05, 3.63) is 28.7 Å². The number of amides is 3. The molecule has 1 aromatic heterocycles. The highest BCUT2D eigenvalue weighted by atomic mass is 32.1. The number of aromatic nitrogens is 1. The van der Waals surface area contributed by atoms with Gasteiger partial charge in [0.2, 0.25) is 5.91 Å². The average molecular weight is 597 g/mol. The molecule has 0 unspecified atom stereocenters. The molecule has 41 heavy (non-hydrogen) atoms. The smallest absolute Gasteiger partial charge is 0.408 e. The fourth-order valence-corrected chi connectivity index (χ4v) is 3.84. The van der Waals surface area contributed by atoms with Crippen LogP contribution in [0.15, 0.2) is 18.0 Å². The molecule has 0 bridgehead atoms. The van der Waals surface area contributed by atoms with Gasteiger partial charge in [0, 0.05) is 5.38 Å². The highest BCUT2D eigenvalue weighted by Crippen LogP contribution is 2.16. The summed E-state index contributed by atoms with van der Waals surface area (Å²) in [5.74, 6) is -2.94. The Kier molecular flexibility index (Phi) is 12.5. The van der Waals surface area contributed by atoms with Crippen LogP contribution < -0.4 is 16.0 Å². The van der Waals surface area contributed by atoms with E-state index in [1.54, 1.807) is 55.4 Å². The van der Waals surface area contributed by atoms with E-state index in [1.807, 2.05) is 0 Å². The number of ether oxygens (including phenoxy) is 3. The predicted octanol–water partition coefficient (Wildman–Crippen LogP) is 3.65. The second kappa shape index (κ2) is 14.4. The summed E-state index contributed by atoms with van der Waals surface area (Å²) < 4.78 is 15.9. The van der Waals surface area contributed by atoms with Crippen molar-refractivity contribution in [1.29, 1.82) is 0 Å². The van der Waals surface area contributed by atoms with Crippen molar-refractivity contribution >= 4 is 41.2 Å². The maximum Gasteiger partial charge on any atom is 0.408 e. The molecule has 0 saturated heterocycles. The topological polar surface area (TPSA) is 162 Å². The third-order valence-electron chi connectivity index (χ3n) is 5.09. The summed E-state index contributed by atoms with van der Waals surface area (Å²) in [5.41, 5.74) is -2.72. The third kappa shape index (κ3) is 13.2. The molecule has 0 radical (unpaired) electrons. The first-order valence-corrected chi connectivity index (χ1v) is 14.1. The maximum atomic E-state index is 13.1. The van der Waals surface area contributed by atoms with Crippen LogP contribution in [0.5, 0.6) is 0 Å². The molecule has 0 aliphatic heterocycles. The monoisotopic (exact) mass is 596 g/mol. The van der Waals surface area contributed by atoms with Gasteiger partial charge in [0.25, 0.3) is 5.91 Å². The van der Waals surface area contributed by atoms with Gasteiger partial charge < -0.3 is 30.2 Å². The minimum absolute atomic E-state index is 0.0626. The number of nitrogens with one attached hydrogen (secondary N) is 3. The Bertz CT molecular complexity index is 1120. The van der Waals surface area contributed by atoms with E-state index in [4.69, 9.17) is 14.2 Å². The molecule has 12 nitrogen and oxygen atoms in total. The van der Waals surface area contributed by atoms with Gasteiger partial charge >= 0.3 is 18.0 Å². The first-order valence-electron chi connectivity index (χ1n) is 13.2. The quantitative estimate of drug-likeness (QED) is 0.186. The molecule has 0 aliphatic carbocycles. The van der Waals surface area contributed by atoms with Crippen LogP contribution >= 0.6 is 11.3 Å². The Hall–Kier alpha value is -3.48. The van der Waals surface area contributed by atoms with Crippen LogP contribution in [0.1, 0.15) is 91.2 Å². The highest BCUT2D eigenvalue weighted by Gasteiger charge is 2.36. The Balaban J connectivity index is 2.80. The van der Waals surface area contributed by atoms with Crippen LogP contribution in [-0.2, 0) is 35.1 Å². The van der Waals surface area contributed by atoms with Gasteiger partial charge in [-0.05, 0) is 61.3 Å². The molecule has 2 atom stereocenters. The largest absolute Gasteiger partial charge is 0.460 e. The molecular weight excluding hydrogens is 552 g/mol. The van der Waals surface area contributed by atoms with E-state index in [0.717, 1.165) is 11.3 Å². The number of hydrogen-bond donors (Lipinski definition) is 3. The van der Waals surface area contributed by atoms with Crippen LogP contribution in [0.25, 0.3) is 0 Å². The lowest BCUT2D eigenvalue weighted by molar-refractivity contribution is -0.161. The van der Waals surface area contributed by atoms with E-state index in [0.29, 0.717) is 5.01 Å². The zero-order chi connectivity index (χ0) is 31.8. The van der Waals surface area contributed by atoms with Crippen molar-refractivity contribution in [3.8, 4) is 0 Å². The lowest BCUT2D eigenvalue weighted by atomic mass is 9.99. The van der Waals surface area contributed by atoms with Gasteiger partial charge in [0.1, 0.15) is 39.6 Å². The molecule has 3 amide bonds. The van der Waals surface area contributed by atoms with Crippen molar-refractivity contribution in [2.75, 3.05) is 0 Å². The molecule has 0 spiro atoms. The second-order valence-electron chi connectivity index (χ2n) is 12.3. The van der Waals surface area contributed by atoms with Gasteiger partial charge in [-0.25, -0.2) is 14.6 Å². The summed E-state index contributed by atoms with van der Waals surface area (Å²) in [5, 5.41) is 9.79. The number of esters is 2. The minimum atomic E-state index is -1.43. The van der Waals surface area contributed by atoms with Crippen molar-refractivity contribution in [1.82, 2.24) is 20.9 Å². The van der Waals surface area contributed by atoms with Crippen molar-refractivity contribution < 1.29 is 38.2 Å². The van der Waals surface area contributed by atoms with E-state index < -0.39 is 58.7 Å². The molecule has 1 rings (SSSR count). The van der Waals surface area contributed by atoms with Crippen LogP contribution in [0.4, 0.5) is 4.79 Å². The van der Waals surface area contributed by atoms with Gasteiger partial charge in [-0.15, -0.1) is 11.3 Å². The number of rotatable bonds is 12. The molecule has 1 aromatic rings. The fraction of sp³-hybridized carbons (Fsp3) is 0.643. The zero-order valence-corrected chi connectivity index (χ0v) is 26.4. The van der Waals surface area contributed by atoms with Crippen LogP contribution in [0, 0.1) is 5.92 Å². The maximum absolute atomic E-state index is 13.1. The van der Waals surface area contributed by atoms with E-state index in [1.165, 1.54) is 25.3 Å². The predicted molar refractivity (Wildman–Crippen MR) is 154 cm³/mol. The van der Waals surface area contributed by atoms with Crippen molar-refractivity contribution in [3.63, 3.8) is 0 Å². The van der Waals surface area contributed by atoms with Crippen LogP contribution in [0.2, 0.25) is 0 Å². The van der Waals surface area contributed by atoms with Gasteiger partial charge in [-0.2, -0.15) is 0 Å². The van der Waals surface area contributed by atoms with Gasteiger partial charge in [-0.3, -0.25) is 14.4 Å². The Morgan fingerprint density at radius 2 is 1.59 bits per heavy atom. The average Bonchev–Trinajstić information content (AvgIpc) is 3.27. The molecule has 1 heterocycles. The number of thiazole rings is 1. The Morgan fingerprint density at radius 3 is 2.10 bits per heavy atom. The second-order valence-corrected chi connectivity index (χ2v) is 13.2. The molecule has 0 fully saturated rings. The summed E-state index contributed by atoms with van der Waals surface area (Å²) >= 11 is 1.16. The molecule has 13 heteroatoms. The summed E-state index contributed by atoms with van der Waals surface area (Å²) in [6.07, 6.45) is -0.475. The summed E-state index contributed by atoms with van der Waals surface area (Å²) in [6.45, 7) is 20.5. The summed E-state index contributed by atoms with van der Waals surface area (Å²) in [4.78, 5) is 67.1. The van der Waals surface area contributed by atoms with Crippen LogP contribution in [-0.4, -0.2) is 63.7 Å². The number of carbonyl (C=O) groups excluding carboxylic acids is 5. The lowest BCUT2D eigenvalue weighted by Gasteiger charge is -2.29. The molecule has 0 aromatic carbocycles.